The van der Waals surface area contributed by atoms with Gasteiger partial charge in [0.2, 0.25) is 0 Å². The van der Waals surface area contributed by atoms with Crippen LogP contribution in [0.2, 0.25) is 0 Å². The molecule has 1 heterocycles. The van der Waals surface area contributed by atoms with Crippen molar-refractivity contribution in [2.45, 2.75) is 12.5 Å². The molecule has 184 valence electrons. The zero-order chi connectivity index (χ0) is 25.9. The van der Waals surface area contributed by atoms with Gasteiger partial charge in [-0.1, -0.05) is 72.8 Å². The highest BCUT2D eigenvalue weighted by Gasteiger charge is 2.19. The standard InChI is InChI=1S/C31H27N3O3/c1-34-26-18-6-5-14-22(26)30(36)29(31(34)37)27(35)19-9-16-24(20-10-3-2-4-11-20)33-25-17-8-13-21-12-7-15-23(32)28(21)25/h2-15,17-19,24,33,36H,16,32H2,1H3/t24-/m1/s1. The second-order valence-electron chi connectivity index (χ2n) is 8.97. The summed E-state index contributed by atoms with van der Waals surface area (Å²) in [6, 6.07) is 28.5. The zero-order valence-corrected chi connectivity index (χ0v) is 20.4. The fourth-order valence-electron chi connectivity index (χ4n) is 4.74. The van der Waals surface area contributed by atoms with E-state index in [0.29, 0.717) is 23.0 Å². The van der Waals surface area contributed by atoms with Gasteiger partial charge in [-0.2, -0.15) is 0 Å². The molecule has 0 spiro atoms. The number of aromatic hydroxyl groups is 1. The number of anilines is 2. The summed E-state index contributed by atoms with van der Waals surface area (Å²) in [5.41, 5.74) is 8.71. The van der Waals surface area contributed by atoms with Crippen molar-refractivity contribution in [3.8, 4) is 5.75 Å². The average Bonchev–Trinajstić information content (AvgIpc) is 2.92. The number of fused-ring (bicyclic) bond motifs is 2. The monoisotopic (exact) mass is 489 g/mol. The molecule has 6 nitrogen and oxygen atoms in total. The molecule has 4 N–H and O–H groups in total. The summed E-state index contributed by atoms with van der Waals surface area (Å²) >= 11 is 0. The van der Waals surface area contributed by atoms with Crippen LogP contribution >= 0.6 is 0 Å². The minimum absolute atomic E-state index is 0.163. The fraction of sp³-hybridized carbons (Fsp3) is 0.0968. The number of aromatic nitrogens is 1. The molecule has 4 aromatic carbocycles. The van der Waals surface area contributed by atoms with Crippen molar-refractivity contribution in [1.29, 1.82) is 0 Å². The molecular weight excluding hydrogens is 462 g/mol. The molecular formula is C31H27N3O3. The van der Waals surface area contributed by atoms with Gasteiger partial charge in [0.05, 0.1) is 11.6 Å². The number of benzene rings is 4. The number of ketones is 1. The van der Waals surface area contributed by atoms with E-state index in [2.05, 4.69) is 5.32 Å². The Balaban J connectivity index is 1.46. The van der Waals surface area contributed by atoms with Crippen LogP contribution in [0.4, 0.5) is 11.4 Å². The summed E-state index contributed by atoms with van der Waals surface area (Å²) in [5.74, 6) is -0.831. The molecule has 0 aliphatic heterocycles. The van der Waals surface area contributed by atoms with Crippen LogP contribution in [0, 0.1) is 0 Å². The largest absolute Gasteiger partial charge is 0.506 e. The zero-order valence-electron chi connectivity index (χ0n) is 20.4. The number of nitrogen functional groups attached to an aromatic ring is 1. The summed E-state index contributed by atoms with van der Waals surface area (Å²) in [5, 5.41) is 16.8. The molecule has 0 amide bonds. The van der Waals surface area contributed by atoms with E-state index in [1.165, 1.54) is 10.6 Å². The average molecular weight is 490 g/mol. The molecule has 6 heteroatoms. The lowest BCUT2D eigenvalue weighted by molar-refractivity contribution is 0.104. The predicted octanol–water partition coefficient (Wildman–Crippen LogP) is 5.96. The Morgan fingerprint density at radius 3 is 2.46 bits per heavy atom. The van der Waals surface area contributed by atoms with E-state index >= 15 is 0 Å². The number of aryl methyl sites for hydroxylation is 1. The number of carbonyl (C=O) groups excluding carboxylic acids is 1. The number of carbonyl (C=O) groups is 1. The first-order valence-electron chi connectivity index (χ1n) is 12.1. The lowest BCUT2D eigenvalue weighted by atomic mass is 10.0. The van der Waals surface area contributed by atoms with E-state index < -0.39 is 11.3 Å². The van der Waals surface area contributed by atoms with E-state index in [1.54, 1.807) is 37.4 Å². The Bertz CT molecular complexity index is 1700. The highest BCUT2D eigenvalue weighted by Crippen LogP contribution is 2.33. The fourth-order valence-corrected chi connectivity index (χ4v) is 4.74. The van der Waals surface area contributed by atoms with E-state index in [4.69, 9.17) is 5.73 Å². The van der Waals surface area contributed by atoms with Crippen molar-refractivity contribution >= 4 is 38.8 Å². The number of rotatable bonds is 7. The van der Waals surface area contributed by atoms with E-state index in [9.17, 15) is 14.7 Å². The summed E-state index contributed by atoms with van der Waals surface area (Å²) < 4.78 is 1.38. The molecule has 37 heavy (non-hydrogen) atoms. The maximum absolute atomic E-state index is 13.1. The summed E-state index contributed by atoms with van der Waals surface area (Å²) in [7, 11) is 1.59. The number of allylic oxidation sites excluding steroid dienone is 1. The number of nitrogens with zero attached hydrogens (tertiary/aromatic N) is 1. The highest BCUT2D eigenvalue weighted by molar-refractivity contribution is 6.09. The molecule has 0 aliphatic carbocycles. The third-order valence-electron chi connectivity index (χ3n) is 6.63. The van der Waals surface area contributed by atoms with Crippen molar-refractivity contribution in [3.05, 3.63) is 125 Å². The van der Waals surface area contributed by atoms with Crippen LogP contribution in [0.1, 0.15) is 28.4 Å². The number of hydrogen-bond donors (Lipinski definition) is 3. The van der Waals surface area contributed by atoms with Crippen molar-refractivity contribution < 1.29 is 9.90 Å². The maximum atomic E-state index is 13.1. The van der Waals surface area contributed by atoms with Gasteiger partial charge in [0, 0.05) is 29.2 Å². The third kappa shape index (κ3) is 4.57. The smallest absolute Gasteiger partial charge is 0.265 e. The second-order valence-corrected chi connectivity index (χ2v) is 8.97. The maximum Gasteiger partial charge on any atom is 0.265 e. The summed E-state index contributed by atoms with van der Waals surface area (Å²) in [6.45, 7) is 0. The van der Waals surface area contributed by atoms with Gasteiger partial charge in [-0.3, -0.25) is 9.59 Å². The SMILES string of the molecule is Cn1c(=O)c(C(=O)C=CC[C@@H](Nc2cccc3cccc(N)c23)c2ccccc2)c(O)c2ccccc21. The van der Waals surface area contributed by atoms with Gasteiger partial charge < -0.3 is 20.7 Å². The van der Waals surface area contributed by atoms with E-state index in [0.717, 1.165) is 22.0 Å². The van der Waals surface area contributed by atoms with Crippen molar-refractivity contribution in [1.82, 2.24) is 4.57 Å². The Hall–Kier alpha value is -4.84. The van der Waals surface area contributed by atoms with Crippen molar-refractivity contribution in [2.75, 3.05) is 11.1 Å². The van der Waals surface area contributed by atoms with Crippen LogP contribution in [0.5, 0.6) is 5.75 Å². The molecule has 0 radical (unpaired) electrons. The number of nitrogens with two attached hydrogens (primary N) is 1. The molecule has 1 aromatic heterocycles. The number of pyridine rings is 1. The minimum atomic E-state index is -0.537. The van der Waals surface area contributed by atoms with Crippen molar-refractivity contribution in [3.63, 3.8) is 0 Å². The third-order valence-corrected chi connectivity index (χ3v) is 6.63. The Morgan fingerprint density at radius 2 is 1.68 bits per heavy atom. The van der Waals surface area contributed by atoms with Crippen LogP contribution in [-0.4, -0.2) is 15.5 Å². The van der Waals surface area contributed by atoms with Crippen LogP contribution < -0.4 is 16.6 Å². The molecule has 5 aromatic rings. The Labute approximate surface area is 214 Å². The van der Waals surface area contributed by atoms with Crippen LogP contribution in [0.3, 0.4) is 0 Å². The Kier molecular flexibility index (Phi) is 6.47. The van der Waals surface area contributed by atoms with Gasteiger partial charge in [0.15, 0.2) is 5.78 Å². The first-order valence-corrected chi connectivity index (χ1v) is 12.1. The number of hydrogen-bond acceptors (Lipinski definition) is 5. The van der Waals surface area contributed by atoms with Crippen LogP contribution in [0.25, 0.3) is 21.7 Å². The van der Waals surface area contributed by atoms with Gasteiger partial charge in [-0.25, -0.2) is 0 Å². The predicted molar refractivity (Wildman–Crippen MR) is 150 cm³/mol. The lowest BCUT2D eigenvalue weighted by Gasteiger charge is -2.21. The van der Waals surface area contributed by atoms with Crippen LogP contribution in [-0.2, 0) is 7.05 Å². The molecule has 0 saturated heterocycles. The topological polar surface area (TPSA) is 97.4 Å². The molecule has 0 saturated carbocycles. The van der Waals surface area contributed by atoms with Gasteiger partial charge in [-0.05, 0) is 47.7 Å². The molecule has 0 unspecified atom stereocenters. The quantitative estimate of drug-likeness (QED) is 0.149. The van der Waals surface area contributed by atoms with E-state index in [1.807, 2.05) is 66.7 Å². The summed E-state index contributed by atoms with van der Waals surface area (Å²) in [4.78, 5) is 26.0. The number of para-hydroxylation sites is 1. The number of nitrogens with one attached hydrogen (secondary N) is 1. The summed E-state index contributed by atoms with van der Waals surface area (Å²) in [6.07, 6.45) is 3.56. The molecule has 0 bridgehead atoms. The van der Waals surface area contributed by atoms with E-state index in [-0.39, 0.29) is 17.4 Å². The molecule has 0 aliphatic rings. The highest BCUT2D eigenvalue weighted by atomic mass is 16.3. The van der Waals surface area contributed by atoms with Crippen molar-refractivity contribution in [2.24, 2.45) is 7.05 Å². The van der Waals surface area contributed by atoms with Gasteiger partial charge in [-0.15, -0.1) is 0 Å². The van der Waals surface area contributed by atoms with Gasteiger partial charge >= 0.3 is 0 Å². The second kappa shape index (κ2) is 10.0. The molecule has 5 rings (SSSR count). The van der Waals surface area contributed by atoms with Gasteiger partial charge in [0.25, 0.3) is 5.56 Å². The van der Waals surface area contributed by atoms with Crippen LogP contribution in [0.15, 0.2) is 108 Å². The first-order chi connectivity index (χ1) is 18.0. The minimum Gasteiger partial charge on any atom is -0.506 e. The normalized spacial score (nSPS) is 12.2. The molecule has 0 fully saturated rings. The van der Waals surface area contributed by atoms with Gasteiger partial charge in [0.1, 0.15) is 11.3 Å². The Morgan fingerprint density at radius 1 is 0.973 bits per heavy atom. The molecule has 1 atom stereocenters. The lowest BCUT2D eigenvalue weighted by Crippen LogP contribution is -2.24. The first kappa shape index (κ1) is 23.9.